The number of benzene rings is 2. The minimum atomic E-state index is -0.293. The van der Waals surface area contributed by atoms with Gasteiger partial charge in [0.1, 0.15) is 0 Å². The van der Waals surface area contributed by atoms with Crippen LogP contribution in [-0.4, -0.2) is 13.2 Å². The van der Waals surface area contributed by atoms with Crippen LogP contribution >= 0.6 is 11.8 Å². The molecule has 1 heterocycles. The summed E-state index contributed by atoms with van der Waals surface area (Å²) < 4.78 is 12.2. The molecular formula is C23H30O2S. The van der Waals surface area contributed by atoms with Crippen LogP contribution in [-0.2, 0) is 14.9 Å². The van der Waals surface area contributed by atoms with Gasteiger partial charge in [-0.3, -0.25) is 0 Å². The molecule has 26 heavy (non-hydrogen) atoms. The van der Waals surface area contributed by atoms with Gasteiger partial charge in [0.05, 0.1) is 13.2 Å². The Morgan fingerprint density at radius 2 is 1.58 bits per heavy atom. The zero-order chi connectivity index (χ0) is 18.9. The molecule has 140 valence electrons. The molecule has 1 saturated heterocycles. The highest BCUT2D eigenvalue weighted by atomic mass is 32.2. The van der Waals surface area contributed by atoms with Crippen LogP contribution in [0.4, 0.5) is 0 Å². The molecule has 0 atom stereocenters. The van der Waals surface area contributed by atoms with Gasteiger partial charge in [0.25, 0.3) is 0 Å². The van der Waals surface area contributed by atoms with Gasteiger partial charge in [-0.1, -0.05) is 70.1 Å². The van der Waals surface area contributed by atoms with Gasteiger partial charge in [-0.05, 0) is 42.2 Å². The summed E-state index contributed by atoms with van der Waals surface area (Å²) in [6, 6.07) is 15.4. The van der Waals surface area contributed by atoms with Gasteiger partial charge in [0.2, 0.25) is 0 Å². The third-order valence-corrected chi connectivity index (χ3v) is 5.73. The molecule has 2 aromatic rings. The highest BCUT2D eigenvalue weighted by Gasteiger charge is 2.31. The highest BCUT2D eigenvalue weighted by Crippen LogP contribution is 2.40. The molecule has 0 aliphatic carbocycles. The molecule has 1 aliphatic heterocycles. The molecule has 0 saturated carbocycles. The number of rotatable bonds is 3. The quantitative estimate of drug-likeness (QED) is 0.613. The number of aryl methyl sites for hydroxylation is 1. The molecule has 0 radical (unpaired) electrons. The Bertz CT molecular complexity index is 747. The first-order valence-electron chi connectivity index (χ1n) is 9.26. The average Bonchev–Trinajstić information content (AvgIpc) is 2.56. The van der Waals surface area contributed by atoms with Crippen molar-refractivity contribution in [1.29, 1.82) is 0 Å². The smallest absolute Gasteiger partial charge is 0.184 e. The lowest BCUT2D eigenvalue weighted by Crippen LogP contribution is -2.34. The van der Waals surface area contributed by atoms with Crippen LogP contribution < -0.4 is 0 Å². The zero-order valence-corrected chi connectivity index (χ0v) is 17.6. The Kier molecular flexibility index (Phi) is 5.53. The van der Waals surface area contributed by atoms with Crippen molar-refractivity contribution >= 4 is 11.8 Å². The Morgan fingerprint density at radius 3 is 2.15 bits per heavy atom. The van der Waals surface area contributed by atoms with E-state index in [0.717, 1.165) is 5.56 Å². The average molecular weight is 371 g/mol. The SMILES string of the molecule is Cc1ccc(Sc2ccc(C(C)(C)C)cc2C2OCC(C)(C)CO2)cc1. The summed E-state index contributed by atoms with van der Waals surface area (Å²) in [6.07, 6.45) is -0.293. The van der Waals surface area contributed by atoms with Gasteiger partial charge in [-0.25, -0.2) is 0 Å². The van der Waals surface area contributed by atoms with Crippen molar-refractivity contribution in [3.8, 4) is 0 Å². The number of hydrogen-bond donors (Lipinski definition) is 0. The predicted molar refractivity (Wildman–Crippen MR) is 109 cm³/mol. The van der Waals surface area contributed by atoms with E-state index >= 15 is 0 Å². The van der Waals surface area contributed by atoms with Gasteiger partial charge in [-0.2, -0.15) is 0 Å². The third kappa shape index (κ3) is 4.70. The lowest BCUT2D eigenvalue weighted by atomic mass is 9.86. The molecule has 3 rings (SSSR count). The molecule has 1 aliphatic rings. The van der Waals surface area contributed by atoms with Crippen LogP contribution in [0.5, 0.6) is 0 Å². The molecule has 0 aromatic heterocycles. The van der Waals surface area contributed by atoms with Crippen molar-refractivity contribution in [2.75, 3.05) is 13.2 Å². The first-order valence-corrected chi connectivity index (χ1v) is 10.1. The van der Waals surface area contributed by atoms with E-state index in [1.165, 1.54) is 20.9 Å². The monoisotopic (exact) mass is 370 g/mol. The molecule has 0 unspecified atom stereocenters. The molecule has 2 aromatic carbocycles. The Hall–Kier alpha value is -1.29. The van der Waals surface area contributed by atoms with Gasteiger partial charge < -0.3 is 9.47 Å². The summed E-state index contributed by atoms with van der Waals surface area (Å²) in [5, 5.41) is 0. The van der Waals surface area contributed by atoms with E-state index in [0.29, 0.717) is 13.2 Å². The van der Waals surface area contributed by atoms with Crippen LogP contribution in [0.1, 0.15) is 57.6 Å². The second-order valence-corrected chi connectivity index (χ2v) is 10.2. The molecular weight excluding hydrogens is 340 g/mol. The van der Waals surface area contributed by atoms with Gasteiger partial charge in [-0.15, -0.1) is 0 Å². The normalized spacial score (nSPS) is 18.1. The van der Waals surface area contributed by atoms with E-state index < -0.39 is 0 Å². The summed E-state index contributed by atoms with van der Waals surface area (Å²) in [7, 11) is 0. The van der Waals surface area contributed by atoms with Crippen molar-refractivity contribution in [1.82, 2.24) is 0 Å². The highest BCUT2D eigenvalue weighted by molar-refractivity contribution is 7.99. The van der Waals surface area contributed by atoms with Crippen LogP contribution in [0, 0.1) is 12.3 Å². The van der Waals surface area contributed by atoms with Gasteiger partial charge in [0, 0.05) is 20.8 Å². The third-order valence-electron chi connectivity index (χ3n) is 4.63. The van der Waals surface area contributed by atoms with Crippen LogP contribution in [0.25, 0.3) is 0 Å². The number of hydrogen-bond acceptors (Lipinski definition) is 3. The van der Waals surface area contributed by atoms with Crippen LogP contribution in [0.2, 0.25) is 0 Å². The molecule has 2 nitrogen and oxygen atoms in total. The van der Waals surface area contributed by atoms with Crippen molar-refractivity contribution in [3.63, 3.8) is 0 Å². The van der Waals surface area contributed by atoms with Crippen molar-refractivity contribution in [2.24, 2.45) is 5.41 Å². The molecule has 0 amide bonds. The summed E-state index contributed by atoms with van der Waals surface area (Å²) >= 11 is 1.78. The summed E-state index contributed by atoms with van der Waals surface area (Å²) in [6.45, 7) is 14.6. The largest absolute Gasteiger partial charge is 0.348 e. The van der Waals surface area contributed by atoms with Gasteiger partial charge >= 0.3 is 0 Å². The lowest BCUT2D eigenvalue weighted by Gasteiger charge is -2.35. The maximum atomic E-state index is 6.11. The fourth-order valence-corrected chi connectivity index (χ4v) is 3.83. The summed E-state index contributed by atoms with van der Waals surface area (Å²) in [4.78, 5) is 2.43. The minimum absolute atomic E-state index is 0.0718. The van der Waals surface area contributed by atoms with E-state index in [-0.39, 0.29) is 17.1 Å². The van der Waals surface area contributed by atoms with E-state index in [4.69, 9.17) is 9.47 Å². The van der Waals surface area contributed by atoms with E-state index in [1.54, 1.807) is 11.8 Å². The van der Waals surface area contributed by atoms with Crippen molar-refractivity contribution in [2.45, 2.75) is 63.0 Å². The second-order valence-electron chi connectivity index (χ2n) is 9.04. The minimum Gasteiger partial charge on any atom is -0.348 e. The molecule has 3 heteroatoms. The van der Waals surface area contributed by atoms with Gasteiger partial charge in [0.15, 0.2) is 6.29 Å². The van der Waals surface area contributed by atoms with Crippen LogP contribution in [0.3, 0.4) is 0 Å². The first kappa shape index (κ1) is 19.5. The zero-order valence-electron chi connectivity index (χ0n) is 16.8. The maximum absolute atomic E-state index is 6.11. The second kappa shape index (κ2) is 7.38. The van der Waals surface area contributed by atoms with Crippen molar-refractivity contribution in [3.05, 3.63) is 59.2 Å². The Morgan fingerprint density at radius 1 is 0.962 bits per heavy atom. The lowest BCUT2D eigenvalue weighted by molar-refractivity contribution is -0.227. The summed E-state index contributed by atoms with van der Waals surface area (Å²) in [5.41, 5.74) is 3.88. The maximum Gasteiger partial charge on any atom is 0.184 e. The first-order chi connectivity index (χ1) is 12.1. The van der Waals surface area contributed by atoms with E-state index in [2.05, 4.69) is 84.0 Å². The molecule has 0 spiro atoms. The molecule has 0 bridgehead atoms. The predicted octanol–water partition coefficient (Wildman–Crippen LogP) is 6.52. The Labute approximate surface area is 162 Å². The fourth-order valence-electron chi connectivity index (χ4n) is 2.90. The van der Waals surface area contributed by atoms with E-state index in [1.807, 2.05) is 0 Å². The molecule has 1 fully saturated rings. The fraction of sp³-hybridized carbons (Fsp3) is 0.478. The number of ether oxygens (including phenoxy) is 2. The molecule has 0 N–H and O–H groups in total. The Balaban J connectivity index is 1.93. The topological polar surface area (TPSA) is 18.5 Å². The summed E-state index contributed by atoms with van der Waals surface area (Å²) in [5.74, 6) is 0. The van der Waals surface area contributed by atoms with E-state index in [9.17, 15) is 0 Å². The standard InChI is InChI=1S/C23H30O2S/c1-16-7-10-18(11-8-16)26-20-12-9-17(22(2,3)4)13-19(20)21-24-14-23(5,6)15-25-21/h7-13,21H,14-15H2,1-6H3. The van der Waals surface area contributed by atoms with Crippen molar-refractivity contribution < 1.29 is 9.47 Å². The van der Waals surface area contributed by atoms with Crippen LogP contribution in [0.15, 0.2) is 52.3 Å².